The van der Waals surface area contributed by atoms with Crippen LogP contribution >= 0.6 is 11.6 Å². The van der Waals surface area contributed by atoms with E-state index in [0.717, 1.165) is 0 Å². The summed E-state index contributed by atoms with van der Waals surface area (Å²) in [5.41, 5.74) is 0.308. The fraction of sp³-hybridized carbons (Fsp3) is 0.286. The van der Waals surface area contributed by atoms with Crippen molar-refractivity contribution in [2.24, 2.45) is 0 Å². The Morgan fingerprint density at radius 3 is 3.00 bits per heavy atom. The Morgan fingerprint density at radius 2 is 2.46 bits per heavy atom. The molecule has 0 spiro atoms. The monoisotopic (exact) mass is 201 g/mol. The number of alkyl halides is 1. The highest BCUT2D eigenvalue weighted by atomic mass is 35.5. The Labute approximate surface area is 79.6 Å². The van der Waals surface area contributed by atoms with Crippen LogP contribution in [-0.2, 0) is 0 Å². The molecule has 1 N–H and O–H groups in total. The van der Waals surface area contributed by atoms with Crippen molar-refractivity contribution >= 4 is 23.5 Å². The number of halogens is 1. The molecule has 1 aromatic heterocycles. The lowest BCUT2D eigenvalue weighted by atomic mass is 10.4. The smallest absolute Gasteiger partial charge is 0.348 e. The van der Waals surface area contributed by atoms with Crippen molar-refractivity contribution in [3.05, 3.63) is 27.7 Å². The highest BCUT2D eigenvalue weighted by Gasteiger charge is 2.14. The molecule has 0 atom stereocenters. The fourth-order valence-corrected chi connectivity index (χ4v) is 0.998. The van der Waals surface area contributed by atoms with Gasteiger partial charge in [-0.05, 0) is 11.0 Å². The topological polar surface area (TPSA) is 71.8 Å². The molecule has 6 heteroatoms. The lowest BCUT2D eigenvalue weighted by Crippen LogP contribution is -1.90. The number of H-pyrrole nitrogens is 1. The molecule has 0 saturated carbocycles. The molecule has 0 saturated heterocycles. The maximum Gasteiger partial charge on any atom is 0.348 e. The van der Waals surface area contributed by atoms with Gasteiger partial charge in [-0.25, -0.2) is 9.97 Å². The molecule has 0 radical (unpaired) electrons. The lowest BCUT2D eigenvalue weighted by Gasteiger charge is -1.89. The first-order valence-corrected chi connectivity index (χ1v) is 4.12. The maximum atomic E-state index is 10.5. The van der Waals surface area contributed by atoms with Crippen LogP contribution < -0.4 is 0 Å². The Bertz CT molecular complexity index is 346. The van der Waals surface area contributed by atoms with Crippen molar-refractivity contribution in [1.82, 2.24) is 9.97 Å². The molecule has 5 nitrogen and oxygen atoms in total. The average Bonchev–Trinajstić information content (AvgIpc) is 2.43. The molecule has 0 aliphatic rings. The largest absolute Gasteiger partial charge is 0.358 e. The zero-order valence-corrected chi connectivity index (χ0v) is 7.71. The third-order valence-corrected chi connectivity index (χ3v) is 1.56. The summed E-state index contributed by atoms with van der Waals surface area (Å²) in [7, 11) is 0. The van der Waals surface area contributed by atoms with Crippen LogP contribution in [0.25, 0.3) is 6.08 Å². The summed E-state index contributed by atoms with van der Waals surface area (Å²) in [6.07, 6.45) is 3.12. The van der Waals surface area contributed by atoms with Gasteiger partial charge in [0.05, 0.1) is 0 Å². The maximum absolute atomic E-state index is 10.5. The number of rotatable bonds is 3. The Morgan fingerprint density at radius 1 is 1.77 bits per heavy atom. The number of imidazole rings is 1. The normalized spacial score (nSPS) is 10.9. The molecule has 1 rings (SSSR count). The molecule has 0 fully saturated rings. The summed E-state index contributed by atoms with van der Waals surface area (Å²) in [6, 6.07) is 0. The van der Waals surface area contributed by atoms with Crippen molar-refractivity contribution in [2.45, 2.75) is 6.92 Å². The molecule has 1 aromatic rings. The van der Waals surface area contributed by atoms with Crippen molar-refractivity contribution in [1.29, 1.82) is 0 Å². The van der Waals surface area contributed by atoms with Gasteiger partial charge in [0, 0.05) is 12.8 Å². The zero-order chi connectivity index (χ0) is 9.84. The summed E-state index contributed by atoms with van der Waals surface area (Å²) in [6.45, 7) is 1.66. The molecule has 0 unspecified atom stereocenters. The number of hydrogen-bond donors (Lipinski definition) is 1. The van der Waals surface area contributed by atoms with Gasteiger partial charge in [0.15, 0.2) is 11.5 Å². The van der Waals surface area contributed by atoms with Gasteiger partial charge in [-0.3, -0.25) is 0 Å². The minimum absolute atomic E-state index is 0.0983. The van der Waals surface area contributed by atoms with Crippen LogP contribution in [0.5, 0.6) is 0 Å². The van der Waals surface area contributed by atoms with E-state index in [0.29, 0.717) is 17.4 Å². The summed E-state index contributed by atoms with van der Waals surface area (Å²) < 4.78 is 0. The number of aromatic amines is 1. The number of nitrogens with zero attached hydrogens (tertiary/aromatic N) is 2. The highest BCUT2D eigenvalue weighted by Crippen LogP contribution is 2.15. The first-order valence-electron chi connectivity index (χ1n) is 3.58. The van der Waals surface area contributed by atoms with Gasteiger partial charge in [-0.1, -0.05) is 6.08 Å². The van der Waals surface area contributed by atoms with Crippen molar-refractivity contribution < 1.29 is 4.92 Å². The van der Waals surface area contributed by atoms with Gasteiger partial charge >= 0.3 is 5.82 Å². The molecular formula is C7H8ClN3O2. The number of hydrogen-bond acceptors (Lipinski definition) is 3. The standard InChI is InChI=1S/C7H8ClN3O2/c1-5-9-6(3-2-4-8)7(10-5)11(12)13/h2-3H,4H2,1H3,(H,9,10). The third-order valence-electron chi connectivity index (χ3n) is 1.38. The fourth-order valence-electron chi connectivity index (χ4n) is 0.909. The van der Waals surface area contributed by atoms with Crippen LogP contribution in [0.1, 0.15) is 11.5 Å². The second-order valence-electron chi connectivity index (χ2n) is 2.37. The minimum Gasteiger partial charge on any atom is -0.358 e. The van der Waals surface area contributed by atoms with Crippen molar-refractivity contribution in [2.75, 3.05) is 5.88 Å². The summed E-state index contributed by atoms with van der Waals surface area (Å²) >= 11 is 5.40. The van der Waals surface area contributed by atoms with E-state index in [9.17, 15) is 10.1 Å². The second-order valence-corrected chi connectivity index (χ2v) is 2.68. The van der Waals surface area contributed by atoms with Gasteiger partial charge in [0.25, 0.3) is 0 Å². The molecular weight excluding hydrogens is 194 g/mol. The van der Waals surface area contributed by atoms with Crippen LogP contribution in [0.3, 0.4) is 0 Å². The third kappa shape index (κ3) is 2.29. The first-order chi connectivity index (χ1) is 6.15. The Hall–Kier alpha value is -1.36. The predicted octanol–water partition coefficient (Wildman–Crippen LogP) is 1.88. The lowest BCUT2D eigenvalue weighted by molar-refractivity contribution is -0.389. The van der Waals surface area contributed by atoms with Crippen LogP contribution in [0.15, 0.2) is 6.08 Å². The van der Waals surface area contributed by atoms with E-state index in [-0.39, 0.29) is 5.82 Å². The SMILES string of the molecule is Cc1nc(C=CCCl)c([N+](=O)[O-])[nH]1. The van der Waals surface area contributed by atoms with E-state index in [1.165, 1.54) is 6.08 Å². The quantitative estimate of drug-likeness (QED) is 0.461. The number of nitrogens with one attached hydrogen (secondary N) is 1. The number of nitro groups is 1. The Kier molecular flexibility index (Phi) is 3.02. The number of aromatic nitrogens is 2. The van der Waals surface area contributed by atoms with E-state index >= 15 is 0 Å². The van der Waals surface area contributed by atoms with E-state index in [2.05, 4.69) is 9.97 Å². The van der Waals surface area contributed by atoms with Crippen molar-refractivity contribution in [3.8, 4) is 0 Å². The number of allylic oxidation sites excluding steroid dienone is 1. The van der Waals surface area contributed by atoms with Crippen molar-refractivity contribution in [3.63, 3.8) is 0 Å². The molecule has 1 heterocycles. The molecule has 70 valence electrons. The van der Waals surface area contributed by atoms with E-state index in [4.69, 9.17) is 11.6 Å². The molecule has 13 heavy (non-hydrogen) atoms. The van der Waals surface area contributed by atoms with Gasteiger partial charge in [0.2, 0.25) is 0 Å². The molecule has 0 amide bonds. The minimum atomic E-state index is -0.506. The van der Waals surface area contributed by atoms with Gasteiger partial charge < -0.3 is 10.1 Å². The van der Waals surface area contributed by atoms with Gasteiger partial charge in [0.1, 0.15) is 0 Å². The predicted molar refractivity (Wildman–Crippen MR) is 49.7 cm³/mol. The highest BCUT2D eigenvalue weighted by molar-refractivity contribution is 6.19. The summed E-state index contributed by atoms with van der Waals surface area (Å²) in [5.74, 6) is 0.725. The molecule has 0 bridgehead atoms. The average molecular weight is 202 g/mol. The Balaban J connectivity index is 3.04. The molecule has 0 aliphatic carbocycles. The second kappa shape index (κ2) is 4.04. The van der Waals surface area contributed by atoms with Crippen LogP contribution in [0.2, 0.25) is 0 Å². The van der Waals surface area contributed by atoms with Crippen LogP contribution in [-0.4, -0.2) is 20.8 Å². The zero-order valence-electron chi connectivity index (χ0n) is 6.95. The van der Waals surface area contributed by atoms with E-state index < -0.39 is 4.92 Å². The van der Waals surface area contributed by atoms with Gasteiger partial charge in [-0.2, -0.15) is 0 Å². The summed E-state index contributed by atoms with van der Waals surface area (Å²) in [4.78, 5) is 16.4. The van der Waals surface area contributed by atoms with E-state index in [1.54, 1.807) is 13.0 Å². The van der Waals surface area contributed by atoms with Gasteiger partial charge in [-0.15, -0.1) is 11.6 Å². The molecule has 0 aromatic carbocycles. The number of aryl methyl sites for hydroxylation is 1. The van der Waals surface area contributed by atoms with E-state index in [1.807, 2.05) is 0 Å². The molecule has 0 aliphatic heterocycles. The van der Waals surface area contributed by atoms with Crippen LogP contribution in [0, 0.1) is 17.0 Å². The van der Waals surface area contributed by atoms with Crippen LogP contribution in [0.4, 0.5) is 5.82 Å². The first kappa shape index (κ1) is 9.73. The summed E-state index contributed by atoms with van der Waals surface area (Å²) in [5, 5.41) is 10.5.